The highest BCUT2D eigenvalue weighted by molar-refractivity contribution is 7.92. The largest absolute Gasteiger partial charge is 0.497 e. The number of carbonyl (C=O) groups is 2. The number of anilines is 1. The number of aryl methyl sites for hydroxylation is 1. The van der Waals surface area contributed by atoms with E-state index in [0.717, 1.165) is 21.9 Å². The Kier molecular flexibility index (Phi) is 10.8. The summed E-state index contributed by atoms with van der Waals surface area (Å²) < 4.78 is 39.9. The van der Waals surface area contributed by atoms with Crippen molar-refractivity contribution >= 4 is 27.5 Å². The van der Waals surface area contributed by atoms with Crippen LogP contribution in [0, 0.1) is 6.92 Å². The summed E-state index contributed by atoms with van der Waals surface area (Å²) >= 11 is 0. The van der Waals surface area contributed by atoms with Gasteiger partial charge in [-0.05, 0) is 57.0 Å². The van der Waals surface area contributed by atoms with Crippen LogP contribution in [-0.2, 0) is 26.2 Å². The number of hydrogen-bond donors (Lipinski definition) is 1. The zero-order chi connectivity index (χ0) is 30.2. The Morgan fingerprint density at radius 1 is 0.927 bits per heavy atom. The van der Waals surface area contributed by atoms with E-state index in [9.17, 15) is 18.0 Å². The molecule has 0 bridgehead atoms. The highest BCUT2D eigenvalue weighted by atomic mass is 32.2. The number of nitrogens with one attached hydrogen (secondary N) is 1. The quantitative estimate of drug-likeness (QED) is 0.318. The van der Waals surface area contributed by atoms with Gasteiger partial charge < -0.3 is 19.7 Å². The van der Waals surface area contributed by atoms with E-state index in [1.165, 1.54) is 37.3 Å². The van der Waals surface area contributed by atoms with E-state index in [-0.39, 0.29) is 34.8 Å². The monoisotopic (exact) mass is 581 g/mol. The summed E-state index contributed by atoms with van der Waals surface area (Å²) in [4.78, 5) is 28.7. The first-order valence-electron chi connectivity index (χ1n) is 13.5. The Bertz CT molecular complexity index is 1450. The molecule has 0 aliphatic heterocycles. The topological polar surface area (TPSA) is 105 Å². The van der Waals surface area contributed by atoms with Gasteiger partial charge in [0.2, 0.25) is 11.8 Å². The third-order valence-corrected chi connectivity index (χ3v) is 8.64. The molecule has 3 aromatic rings. The molecule has 0 aliphatic carbocycles. The number of methoxy groups -OCH3 is 2. The maximum atomic E-state index is 14.1. The second kappa shape index (κ2) is 14.0. The number of carbonyl (C=O) groups excluding carboxylic acids is 2. The molecule has 0 aliphatic rings. The normalized spacial score (nSPS) is 12.6. The fourth-order valence-corrected chi connectivity index (χ4v) is 5.72. The van der Waals surface area contributed by atoms with Crippen molar-refractivity contribution in [1.82, 2.24) is 10.2 Å². The molecule has 0 saturated carbocycles. The van der Waals surface area contributed by atoms with Gasteiger partial charge in [0.25, 0.3) is 10.0 Å². The third kappa shape index (κ3) is 7.79. The predicted molar refractivity (Wildman–Crippen MR) is 160 cm³/mol. The van der Waals surface area contributed by atoms with Crippen LogP contribution in [0.3, 0.4) is 0 Å². The molecule has 0 unspecified atom stereocenters. The predicted octanol–water partition coefficient (Wildman–Crippen LogP) is 4.54. The lowest BCUT2D eigenvalue weighted by Crippen LogP contribution is -2.52. The number of rotatable bonds is 13. The summed E-state index contributed by atoms with van der Waals surface area (Å²) in [6.07, 6.45) is 0.725. The van der Waals surface area contributed by atoms with Crippen molar-refractivity contribution < 1.29 is 27.5 Å². The first kappa shape index (κ1) is 31.5. The molecule has 0 heterocycles. The molecule has 2 amide bonds. The van der Waals surface area contributed by atoms with E-state index in [2.05, 4.69) is 5.32 Å². The molecule has 9 nitrogen and oxygen atoms in total. The van der Waals surface area contributed by atoms with Gasteiger partial charge in [-0.1, -0.05) is 55.0 Å². The van der Waals surface area contributed by atoms with Crippen LogP contribution in [0.4, 0.5) is 5.69 Å². The fourth-order valence-electron chi connectivity index (χ4n) is 4.28. The number of sulfonamides is 1. The van der Waals surface area contributed by atoms with Gasteiger partial charge in [-0.15, -0.1) is 0 Å². The van der Waals surface area contributed by atoms with Gasteiger partial charge in [-0.2, -0.15) is 0 Å². The minimum atomic E-state index is -4.24. The van der Waals surface area contributed by atoms with Crippen molar-refractivity contribution in [2.24, 2.45) is 0 Å². The molecule has 41 heavy (non-hydrogen) atoms. The summed E-state index contributed by atoms with van der Waals surface area (Å²) in [6, 6.07) is 19.3. The smallest absolute Gasteiger partial charge is 0.264 e. The maximum absolute atomic E-state index is 14.1. The molecule has 1 N–H and O–H groups in total. The van der Waals surface area contributed by atoms with Gasteiger partial charge in [-0.3, -0.25) is 13.9 Å². The molecule has 0 spiro atoms. The molecule has 220 valence electrons. The van der Waals surface area contributed by atoms with E-state index < -0.39 is 28.5 Å². The van der Waals surface area contributed by atoms with Crippen LogP contribution in [-0.4, -0.2) is 58.0 Å². The first-order chi connectivity index (χ1) is 19.5. The molecule has 3 aromatic carbocycles. The van der Waals surface area contributed by atoms with E-state index in [0.29, 0.717) is 5.75 Å². The summed E-state index contributed by atoms with van der Waals surface area (Å²) in [5, 5.41) is 2.94. The van der Waals surface area contributed by atoms with Gasteiger partial charge in [0.05, 0.1) is 24.8 Å². The van der Waals surface area contributed by atoms with E-state index in [1.807, 2.05) is 45.0 Å². The molecule has 0 aromatic heterocycles. The van der Waals surface area contributed by atoms with Gasteiger partial charge in [0.1, 0.15) is 24.1 Å². The van der Waals surface area contributed by atoms with Crippen molar-refractivity contribution in [3.63, 3.8) is 0 Å². The number of nitrogens with zero attached hydrogens (tertiary/aromatic N) is 2. The lowest BCUT2D eigenvalue weighted by atomic mass is 10.1. The Balaban J connectivity index is 2.10. The van der Waals surface area contributed by atoms with Crippen molar-refractivity contribution in [3.8, 4) is 11.5 Å². The lowest BCUT2D eigenvalue weighted by molar-refractivity contribution is -0.139. The molecule has 3 rings (SSSR count). The molecule has 0 saturated heterocycles. The molecule has 0 fully saturated rings. The Morgan fingerprint density at radius 2 is 1.63 bits per heavy atom. The number of amides is 2. The van der Waals surface area contributed by atoms with E-state index >= 15 is 0 Å². The van der Waals surface area contributed by atoms with Crippen LogP contribution >= 0.6 is 0 Å². The summed E-state index contributed by atoms with van der Waals surface area (Å²) in [5.74, 6) is -0.246. The van der Waals surface area contributed by atoms with Crippen LogP contribution in [0.25, 0.3) is 0 Å². The second-order valence-corrected chi connectivity index (χ2v) is 11.7. The average Bonchev–Trinajstić information content (AvgIpc) is 2.98. The molecule has 2 atom stereocenters. The standard InChI is InChI=1S/C31H39N3O6S/c1-7-23(3)32-31(36)24(4)33(20-25-13-11-12-22(2)18-25)30(35)21-34(41(37,38)27-14-9-8-10-15-27)28-19-26(39-5)16-17-29(28)40-6/h8-19,23-24H,7,20-21H2,1-6H3,(H,32,36)/t23-,24-/m0/s1. The third-order valence-electron chi connectivity index (χ3n) is 6.87. The van der Waals surface area contributed by atoms with Crippen LogP contribution in [0.5, 0.6) is 11.5 Å². The van der Waals surface area contributed by atoms with E-state index in [1.54, 1.807) is 37.3 Å². The van der Waals surface area contributed by atoms with Crippen LogP contribution in [0.2, 0.25) is 0 Å². The zero-order valence-corrected chi connectivity index (χ0v) is 25.3. The fraction of sp³-hybridized carbons (Fsp3) is 0.355. The lowest BCUT2D eigenvalue weighted by Gasteiger charge is -2.33. The molecular weight excluding hydrogens is 542 g/mol. The van der Waals surface area contributed by atoms with Crippen molar-refractivity contribution in [1.29, 1.82) is 0 Å². The SMILES string of the molecule is CC[C@H](C)NC(=O)[C@H](C)N(Cc1cccc(C)c1)C(=O)CN(c1cc(OC)ccc1OC)S(=O)(=O)c1ccccc1. The highest BCUT2D eigenvalue weighted by Gasteiger charge is 2.34. The molecular formula is C31H39N3O6S. The maximum Gasteiger partial charge on any atom is 0.264 e. The minimum absolute atomic E-state index is 0.00506. The van der Waals surface area contributed by atoms with Gasteiger partial charge in [0.15, 0.2) is 0 Å². The van der Waals surface area contributed by atoms with Crippen LogP contribution in [0.1, 0.15) is 38.3 Å². The summed E-state index contributed by atoms with van der Waals surface area (Å²) in [6.45, 7) is 6.98. The van der Waals surface area contributed by atoms with Gasteiger partial charge in [-0.25, -0.2) is 8.42 Å². The van der Waals surface area contributed by atoms with Crippen LogP contribution in [0.15, 0.2) is 77.7 Å². The first-order valence-corrected chi connectivity index (χ1v) is 14.9. The number of hydrogen-bond acceptors (Lipinski definition) is 6. The summed E-state index contributed by atoms with van der Waals surface area (Å²) in [5.41, 5.74) is 1.95. The number of ether oxygens (including phenoxy) is 2. The van der Waals surface area contributed by atoms with Crippen molar-refractivity contribution in [2.75, 3.05) is 25.1 Å². The number of benzene rings is 3. The van der Waals surface area contributed by atoms with Gasteiger partial charge in [0, 0.05) is 18.7 Å². The minimum Gasteiger partial charge on any atom is -0.497 e. The van der Waals surface area contributed by atoms with Crippen molar-refractivity contribution in [3.05, 3.63) is 83.9 Å². The Labute approximate surface area is 243 Å². The molecule has 0 radical (unpaired) electrons. The molecule has 10 heteroatoms. The average molecular weight is 582 g/mol. The van der Waals surface area contributed by atoms with Crippen molar-refractivity contribution in [2.45, 2.75) is 57.6 Å². The Morgan fingerprint density at radius 3 is 2.24 bits per heavy atom. The highest BCUT2D eigenvalue weighted by Crippen LogP contribution is 2.36. The van der Waals surface area contributed by atoms with Gasteiger partial charge >= 0.3 is 0 Å². The van der Waals surface area contributed by atoms with Crippen LogP contribution < -0.4 is 19.1 Å². The second-order valence-electron chi connectivity index (χ2n) is 9.87. The van der Waals surface area contributed by atoms with E-state index in [4.69, 9.17) is 9.47 Å². The Hall–Kier alpha value is -4.05. The summed E-state index contributed by atoms with van der Waals surface area (Å²) in [7, 11) is -1.35. The zero-order valence-electron chi connectivity index (χ0n) is 24.5.